The molecule has 0 bridgehead atoms. The first-order chi connectivity index (χ1) is 14.0. The van der Waals surface area contributed by atoms with Gasteiger partial charge in [-0.15, -0.1) is 0 Å². The largest absolute Gasteiger partial charge is 0.484 e. The first kappa shape index (κ1) is 22.4. The van der Waals surface area contributed by atoms with Crippen LogP contribution in [0.4, 0.5) is 4.39 Å². The summed E-state index contributed by atoms with van der Waals surface area (Å²) in [6.45, 7) is 4.55. The summed E-state index contributed by atoms with van der Waals surface area (Å²) in [5, 5.41) is 2.88. The van der Waals surface area contributed by atoms with Gasteiger partial charge < -0.3 is 15.0 Å². The molecule has 2 aromatic carbocycles. The molecule has 0 aliphatic heterocycles. The molecule has 0 aromatic heterocycles. The summed E-state index contributed by atoms with van der Waals surface area (Å²) in [5.41, 5.74) is 1.09. The van der Waals surface area contributed by atoms with Gasteiger partial charge in [0.15, 0.2) is 6.61 Å². The van der Waals surface area contributed by atoms with E-state index in [0.29, 0.717) is 25.3 Å². The maximum Gasteiger partial charge on any atom is 0.261 e. The van der Waals surface area contributed by atoms with Gasteiger partial charge in [-0.25, -0.2) is 4.39 Å². The lowest BCUT2D eigenvalue weighted by molar-refractivity contribution is -0.141. The Morgan fingerprint density at radius 3 is 2.45 bits per heavy atom. The van der Waals surface area contributed by atoms with Crippen molar-refractivity contribution in [1.82, 2.24) is 10.2 Å². The van der Waals surface area contributed by atoms with Crippen LogP contribution >= 0.6 is 0 Å². The number of carbonyl (C=O) groups excluding carboxylic acids is 2. The molecule has 2 amide bonds. The molecule has 5 nitrogen and oxygen atoms in total. The summed E-state index contributed by atoms with van der Waals surface area (Å²) in [7, 11) is 0. The van der Waals surface area contributed by atoms with Crippen molar-refractivity contribution in [3.8, 4) is 5.75 Å². The molecule has 156 valence electrons. The molecule has 0 aliphatic rings. The van der Waals surface area contributed by atoms with E-state index < -0.39 is 6.04 Å². The number of nitrogens with zero attached hydrogens (tertiary/aromatic N) is 1. The van der Waals surface area contributed by atoms with E-state index in [4.69, 9.17) is 4.74 Å². The summed E-state index contributed by atoms with van der Waals surface area (Å²) in [4.78, 5) is 26.9. The first-order valence-electron chi connectivity index (χ1n) is 10.0. The smallest absolute Gasteiger partial charge is 0.261 e. The Morgan fingerprint density at radius 2 is 1.79 bits per heavy atom. The summed E-state index contributed by atoms with van der Waals surface area (Å²) < 4.78 is 18.5. The van der Waals surface area contributed by atoms with Gasteiger partial charge in [0.2, 0.25) is 5.91 Å². The van der Waals surface area contributed by atoms with E-state index in [9.17, 15) is 14.0 Å². The normalized spacial score (nSPS) is 11.6. The zero-order chi connectivity index (χ0) is 21.1. The van der Waals surface area contributed by atoms with Crippen LogP contribution in [0.2, 0.25) is 0 Å². The van der Waals surface area contributed by atoms with E-state index in [2.05, 4.69) is 12.2 Å². The van der Waals surface area contributed by atoms with Gasteiger partial charge in [0.05, 0.1) is 0 Å². The Morgan fingerprint density at radius 1 is 1.10 bits per heavy atom. The van der Waals surface area contributed by atoms with Crippen LogP contribution < -0.4 is 10.1 Å². The Kier molecular flexibility index (Phi) is 9.15. The molecule has 2 aromatic rings. The number of rotatable bonds is 11. The van der Waals surface area contributed by atoms with Gasteiger partial charge in [-0.2, -0.15) is 0 Å². The van der Waals surface area contributed by atoms with Crippen molar-refractivity contribution in [3.63, 3.8) is 0 Å². The lowest BCUT2D eigenvalue weighted by atomic mass is 10.1. The van der Waals surface area contributed by atoms with Crippen LogP contribution in [0.5, 0.6) is 5.75 Å². The van der Waals surface area contributed by atoms with Crippen LogP contribution in [0.3, 0.4) is 0 Å². The number of ether oxygens (including phenoxy) is 1. The Bertz CT molecular complexity index is 765. The number of benzene rings is 2. The quantitative estimate of drug-likeness (QED) is 0.587. The predicted molar refractivity (Wildman–Crippen MR) is 111 cm³/mol. The van der Waals surface area contributed by atoms with E-state index >= 15 is 0 Å². The van der Waals surface area contributed by atoms with Crippen molar-refractivity contribution in [2.45, 2.75) is 39.2 Å². The van der Waals surface area contributed by atoms with E-state index in [1.807, 2.05) is 30.3 Å². The molecule has 1 atom stereocenters. The summed E-state index contributed by atoms with van der Waals surface area (Å²) in [6.07, 6.45) is 2.51. The first-order valence-corrected chi connectivity index (χ1v) is 10.0. The second kappa shape index (κ2) is 11.8. The maximum absolute atomic E-state index is 13.0. The molecule has 0 fully saturated rings. The monoisotopic (exact) mass is 400 g/mol. The van der Waals surface area contributed by atoms with Crippen molar-refractivity contribution in [2.24, 2.45) is 0 Å². The highest BCUT2D eigenvalue weighted by molar-refractivity contribution is 5.87. The van der Waals surface area contributed by atoms with Gasteiger partial charge in [-0.1, -0.05) is 43.7 Å². The highest BCUT2D eigenvalue weighted by atomic mass is 19.1. The third kappa shape index (κ3) is 7.56. The average molecular weight is 400 g/mol. The van der Waals surface area contributed by atoms with Crippen LogP contribution in [0, 0.1) is 5.82 Å². The van der Waals surface area contributed by atoms with E-state index in [1.165, 1.54) is 29.2 Å². The number of unbranched alkanes of at least 4 members (excludes halogenated alkanes) is 1. The minimum absolute atomic E-state index is 0.179. The number of nitrogens with one attached hydrogen (secondary N) is 1. The third-order valence-electron chi connectivity index (χ3n) is 4.66. The average Bonchev–Trinajstić information content (AvgIpc) is 2.74. The molecule has 0 saturated heterocycles. The van der Waals surface area contributed by atoms with Gasteiger partial charge in [0.1, 0.15) is 17.6 Å². The standard InChI is InChI=1S/C23H29FN2O3/c1-3-4-15-25-23(28)18(2)26(16-14-19-8-6-5-7-9-19)22(27)17-29-21-12-10-20(24)11-13-21/h5-13,18H,3-4,14-17H2,1-2H3,(H,25,28)/t18-/m0/s1. The molecule has 29 heavy (non-hydrogen) atoms. The highest BCUT2D eigenvalue weighted by Gasteiger charge is 2.25. The molecule has 0 spiro atoms. The van der Waals surface area contributed by atoms with Crippen molar-refractivity contribution < 1.29 is 18.7 Å². The summed E-state index contributed by atoms with van der Waals surface area (Å²) in [6, 6.07) is 14.7. The lowest BCUT2D eigenvalue weighted by Gasteiger charge is -2.28. The molecular weight excluding hydrogens is 371 g/mol. The fourth-order valence-electron chi connectivity index (χ4n) is 2.86. The van der Waals surface area contributed by atoms with Crippen LogP contribution in [0.1, 0.15) is 32.3 Å². The van der Waals surface area contributed by atoms with E-state index in [1.54, 1.807) is 6.92 Å². The van der Waals surface area contributed by atoms with Gasteiger partial charge in [0.25, 0.3) is 5.91 Å². The van der Waals surface area contributed by atoms with Crippen molar-refractivity contribution in [1.29, 1.82) is 0 Å². The summed E-state index contributed by atoms with van der Waals surface area (Å²) >= 11 is 0. The minimum Gasteiger partial charge on any atom is -0.484 e. The fraction of sp³-hybridized carbons (Fsp3) is 0.391. The zero-order valence-electron chi connectivity index (χ0n) is 17.1. The predicted octanol–water partition coefficient (Wildman–Crippen LogP) is 3.58. The van der Waals surface area contributed by atoms with Gasteiger partial charge >= 0.3 is 0 Å². The van der Waals surface area contributed by atoms with Gasteiger partial charge in [-0.05, 0) is 49.6 Å². The van der Waals surface area contributed by atoms with Gasteiger partial charge in [-0.3, -0.25) is 9.59 Å². The number of hydrogen-bond donors (Lipinski definition) is 1. The van der Waals surface area contributed by atoms with Gasteiger partial charge in [0, 0.05) is 13.1 Å². The summed E-state index contributed by atoms with van der Waals surface area (Å²) in [5.74, 6) is -0.432. The second-order valence-electron chi connectivity index (χ2n) is 6.89. The maximum atomic E-state index is 13.0. The van der Waals surface area contributed by atoms with Crippen LogP contribution in [0.25, 0.3) is 0 Å². The molecule has 6 heteroatoms. The minimum atomic E-state index is -0.611. The zero-order valence-corrected chi connectivity index (χ0v) is 17.1. The molecule has 0 aliphatic carbocycles. The molecule has 2 rings (SSSR count). The van der Waals surface area contributed by atoms with Crippen LogP contribution in [-0.4, -0.2) is 42.5 Å². The van der Waals surface area contributed by atoms with Crippen molar-refractivity contribution >= 4 is 11.8 Å². The lowest BCUT2D eigenvalue weighted by Crippen LogP contribution is -2.50. The topological polar surface area (TPSA) is 58.6 Å². The molecular formula is C23H29FN2O3. The molecule has 0 radical (unpaired) electrons. The molecule has 0 saturated carbocycles. The number of halogens is 1. The molecule has 1 N–H and O–H groups in total. The van der Waals surface area contributed by atoms with Crippen LogP contribution in [0.15, 0.2) is 54.6 Å². The number of carbonyl (C=O) groups is 2. The fourth-order valence-corrected chi connectivity index (χ4v) is 2.86. The Hall–Kier alpha value is -2.89. The van der Waals surface area contributed by atoms with E-state index in [-0.39, 0.29) is 24.2 Å². The van der Waals surface area contributed by atoms with Crippen molar-refractivity contribution in [3.05, 3.63) is 66.0 Å². The van der Waals surface area contributed by atoms with Crippen molar-refractivity contribution in [2.75, 3.05) is 19.7 Å². The third-order valence-corrected chi connectivity index (χ3v) is 4.66. The Balaban J connectivity index is 2.01. The number of hydrogen-bond acceptors (Lipinski definition) is 3. The van der Waals surface area contributed by atoms with Crippen LogP contribution in [-0.2, 0) is 16.0 Å². The second-order valence-corrected chi connectivity index (χ2v) is 6.89. The SMILES string of the molecule is CCCCNC(=O)[C@H](C)N(CCc1ccccc1)C(=O)COc1ccc(F)cc1. The Labute approximate surface area is 171 Å². The number of amides is 2. The molecule has 0 unspecified atom stereocenters. The van der Waals surface area contributed by atoms with E-state index in [0.717, 1.165) is 18.4 Å². The molecule has 0 heterocycles. The highest BCUT2D eigenvalue weighted by Crippen LogP contribution is 2.12.